The SMILES string of the molecule is Nc1cc(N)c(Nc2cc(F)c(F)cc2F)c(F)c1Cl. The van der Waals surface area contributed by atoms with E-state index in [4.69, 9.17) is 23.1 Å². The van der Waals surface area contributed by atoms with Gasteiger partial charge in [-0.3, -0.25) is 0 Å². The molecule has 0 aliphatic heterocycles. The second kappa shape index (κ2) is 5.09. The molecule has 3 nitrogen and oxygen atoms in total. The molecule has 0 fully saturated rings. The number of rotatable bonds is 2. The number of nitrogen functional groups attached to an aromatic ring is 2. The van der Waals surface area contributed by atoms with Crippen molar-refractivity contribution in [3.63, 3.8) is 0 Å². The fourth-order valence-electron chi connectivity index (χ4n) is 1.55. The Morgan fingerprint density at radius 2 is 1.45 bits per heavy atom. The van der Waals surface area contributed by atoms with E-state index < -0.39 is 34.0 Å². The van der Waals surface area contributed by atoms with E-state index in [2.05, 4.69) is 5.32 Å². The molecule has 2 rings (SSSR count). The smallest absolute Gasteiger partial charge is 0.169 e. The lowest BCUT2D eigenvalue weighted by molar-refractivity contribution is 0.496. The lowest BCUT2D eigenvalue weighted by Gasteiger charge is -2.13. The van der Waals surface area contributed by atoms with Crippen molar-refractivity contribution in [2.45, 2.75) is 0 Å². The van der Waals surface area contributed by atoms with Gasteiger partial charge in [0, 0.05) is 12.1 Å². The minimum absolute atomic E-state index is 0.0991. The van der Waals surface area contributed by atoms with Crippen LogP contribution in [0.1, 0.15) is 0 Å². The summed E-state index contributed by atoms with van der Waals surface area (Å²) in [5.41, 5.74) is 9.79. The maximum atomic E-state index is 13.9. The average Bonchev–Trinajstić information content (AvgIpc) is 2.38. The number of nitrogens with one attached hydrogen (secondary N) is 1. The molecular weight excluding hydrogens is 298 g/mol. The van der Waals surface area contributed by atoms with Crippen LogP contribution in [0.4, 0.5) is 40.3 Å². The van der Waals surface area contributed by atoms with Gasteiger partial charge in [0.05, 0.1) is 22.7 Å². The Morgan fingerprint density at radius 3 is 2.10 bits per heavy atom. The molecule has 0 bridgehead atoms. The Morgan fingerprint density at radius 1 is 0.850 bits per heavy atom. The Bertz CT molecular complexity index is 691. The van der Waals surface area contributed by atoms with Crippen LogP contribution >= 0.6 is 11.6 Å². The van der Waals surface area contributed by atoms with Crippen LogP contribution in [0.15, 0.2) is 18.2 Å². The summed E-state index contributed by atoms with van der Waals surface area (Å²) in [4.78, 5) is 0. The molecule has 0 aliphatic rings. The quantitative estimate of drug-likeness (QED) is 0.449. The molecule has 0 saturated heterocycles. The second-order valence-corrected chi connectivity index (χ2v) is 4.31. The highest BCUT2D eigenvalue weighted by atomic mass is 35.5. The molecule has 2 aromatic rings. The summed E-state index contributed by atoms with van der Waals surface area (Å²) in [5.74, 6) is -4.80. The highest BCUT2D eigenvalue weighted by Crippen LogP contribution is 2.36. The van der Waals surface area contributed by atoms with Crippen molar-refractivity contribution in [3.05, 3.63) is 46.5 Å². The van der Waals surface area contributed by atoms with E-state index in [1.165, 1.54) is 0 Å². The van der Waals surface area contributed by atoms with E-state index in [1.54, 1.807) is 0 Å². The van der Waals surface area contributed by atoms with Crippen LogP contribution in [0.25, 0.3) is 0 Å². The molecule has 0 heterocycles. The minimum Gasteiger partial charge on any atom is -0.397 e. The molecular formula is C12H8ClF4N3. The van der Waals surface area contributed by atoms with E-state index >= 15 is 0 Å². The normalized spacial score (nSPS) is 10.7. The summed E-state index contributed by atoms with van der Waals surface area (Å²) in [5, 5.41) is 1.81. The van der Waals surface area contributed by atoms with Crippen LogP contribution in [0.2, 0.25) is 5.02 Å². The van der Waals surface area contributed by atoms with Gasteiger partial charge in [-0.2, -0.15) is 0 Å². The van der Waals surface area contributed by atoms with Gasteiger partial charge >= 0.3 is 0 Å². The minimum atomic E-state index is -1.36. The number of anilines is 4. The van der Waals surface area contributed by atoms with Crippen molar-refractivity contribution in [1.82, 2.24) is 0 Å². The summed E-state index contributed by atoms with van der Waals surface area (Å²) < 4.78 is 53.2. The van der Waals surface area contributed by atoms with Gasteiger partial charge in [0.2, 0.25) is 0 Å². The zero-order valence-corrected chi connectivity index (χ0v) is 10.5. The third kappa shape index (κ3) is 2.44. The molecule has 106 valence electrons. The van der Waals surface area contributed by atoms with Crippen molar-refractivity contribution in [3.8, 4) is 0 Å². The number of hydrogen-bond acceptors (Lipinski definition) is 3. The van der Waals surface area contributed by atoms with Gasteiger partial charge in [0.15, 0.2) is 17.5 Å². The van der Waals surface area contributed by atoms with Crippen LogP contribution in [-0.2, 0) is 0 Å². The molecule has 0 unspecified atom stereocenters. The topological polar surface area (TPSA) is 64.1 Å². The number of benzene rings is 2. The van der Waals surface area contributed by atoms with E-state index in [0.717, 1.165) is 6.07 Å². The molecule has 0 aromatic heterocycles. The van der Waals surface area contributed by atoms with Gasteiger partial charge < -0.3 is 16.8 Å². The predicted octanol–water partition coefficient (Wildman–Crippen LogP) is 3.80. The Balaban J connectivity index is 2.51. The first-order chi connectivity index (χ1) is 9.31. The van der Waals surface area contributed by atoms with Crippen LogP contribution < -0.4 is 16.8 Å². The number of halogens is 5. The zero-order valence-electron chi connectivity index (χ0n) is 9.78. The van der Waals surface area contributed by atoms with Gasteiger partial charge in [0.1, 0.15) is 10.8 Å². The molecule has 5 N–H and O–H groups in total. The largest absolute Gasteiger partial charge is 0.397 e. The predicted molar refractivity (Wildman–Crippen MR) is 69.8 cm³/mol. The average molecular weight is 306 g/mol. The van der Waals surface area contributed by atoms with E-state index in [-0.39, 0.29) is 17.1 Å². The second-order valence-electron chi connectivity index (χ2n) is 3.93. The highest BCUT2D eigenvalue weighted by molar-refractivity contribution is 6.33. The summed E-state index contributed by atoms with van der Waals surface area (Å²) >= 11 is 5.59. The van der Waals surface area contributed by atoms with Gasteiger partial charge in [-0.1, -0.05) is 11.6 Å². The number of hydrogen-bond donors (Lipinski definition) is 3. The molecule has 8 heteroatoms. The zero-order chi connectivity index (χ0) is 15.0. The van der Waals surface area contributed by atoms with Crippen LogP contribution in [0.5, 0.6) is 0 Å². The Labute approximate surface area is 116 Å². The fraction of sp³-hybridized carbons (Fsp3) is 0. The van der Waals surface area contributed by atoms with Crippen molar-refractivity contribution >= 4 is 34.4 Å². The molecule has 0 radical (unpaired) electrons. The van der Waals surface area contributed by atoms with Crippen molar-refractivity contribution in [2.24, 2.45) is 0 Å². The first-order valence-corrected chi connectivity index (χ1v) is 5.63. The third-order valence-corrected chi connectivity index (χ3v) is 2.92. The maximum absolute atomic E-state index is 13.9. The summed E-state index contributed by atoms with van der Waals surface area (Å²) in [6, 6.07) is 2.02. The van der Waals surface area contributed by atoms with Crippen LogP contribution in [-0.4, -0.2) is 0 Å². The van der Waals surface area contributed by atoms with Crippen molar-refractivity contribution < 1.29 is 17.6 Å². The first-order valence-electron chi connectivity index (χ1n) is 5.25. The van der Waals surface area contributed by atoms with E-state index in [0.29, 0.717) is 12.1 Å². The van der Waals surface area contributed by atoms with Gasteiger partial charge in [0.25, 0.3) is 0 Å². The van der Waals surface area contributed by atoms with Gasteiger partial charge in [-0.05, 0) is 6.07 Å². The van der Waals surface area contributed by atoms with Crippen LogP contribution in [0, 0.1) is 23.3 Å². The maximum Gasteiger partial charge on any atom is 0.169 e. The monoisotopic (exact) mass is 305 g/mol. The van der Waals surface area contributed by atoms with Crippen molar-refractivity contribution in [2.75, 3.05) is 16.8 Å². The van der Waals surface area contributed by atoms with E-state index in [9.17, 15) is 17.6 Å². The Hall–Kier alpha value is -2.15. The first kappa shape index (κ1) is 14.3. The lowest BCUT2D eigenvalue weighted by atomic mass is 10.2. The highest BCUT2D eigenvalue weighted by Gasteiger charge is 2.17. The molecule has 0 aliphatic carbocycles. The fourth-order valence-corrected chi connectivity index (χ4v) is 1.70. The van der Waals surface area contributed by atoms with Gasteiger partial charge in [-0.15, -0.1) is 0 Å². The van der Waals surface area contributed by atoms with Crippen LogP contribution in [0.3, 0.4) is 0 Å². The number of nitrogens with two attached hydrogens (primary N) is 2. The Kier molecular flexibility index (Phi) is 3.63. The molecule has 20 heavy (non-hydrogen) atoms. The van der Waals surface area contributed by atoms with Crippen molar-refractivity contribution in [1.29, 1.82) is 0 Å². The van der Waals surface area contributed by atoms with E-state index in [1.807, 2.05) is 0 Å². The molecule has 0 amide bonds. The third-order valence-electron chi connectivity index (χ3n) is 2.53. The summed E-state index contributed by atoms with van der Waals surface area (Å²) in [7, 11) is 0. The summed E-state index contributed by atoms with van der Waals surface area (Å²) in [6.45, 7) is 0. The molecule has 0 spiro atoms. The molecule has 2 aromatic carbocycles. The molecule has 0 saturated carbocycles. The van der Waals surface area contributed by atoms with Gasteiger partial charge in [-0.25, -0.2) is 17.6 Å². The summed E-state index contributed by atoms with van der Waals surface area (Å²) in [6.07, 6.45) is 0. The molecule has 0 atom stereocenters. The lowest BCUT2D eigenvalue weighted by Crippen LogP contribution is -2.04. The standard InChI is InChI=1S/C12H8ClF4N3/c13-10-7(18)3-8(19)12(11(10)17)20-9-2-5(15)4(14)1-6(9)16/h1-3,20H,18-19H2.